The molecule has 2 N–H and O–H groups in total. The molecule has 1 aliphatic rings. The monoisotopic (exact) mass is 272 g/mol. The number of nitrogens with zero attached hydrogens (tertiary/aromatic N) is 3. The standard InChI is InChI=1S/C14H16N4O2/c15-12-9-17(10-5-1-2-6-10)16-14(12)11-7-3-4-8-13(11)18(19)20/h3-4,7-10H,1-2,5-6,15H2. The van der Waals surface area contributed by atoms with Crippen LogP contribution in [0.3, 0.4) is 0 Å². The SMILES string of the molecule is Nc1cn(C2CCCC2)nc1-c1ccccc1[N+](=O)[O-]. The van der Waals surface area contributed by atoms with E-state index >= 15 is 0 Å². The van der Waals surface area contributed by atoms with Gasteiger partial charge in [0.1, 0.15) is 5.69 Å². The van der Waals surface area contributed by atoms with E-state index in [2.05, 4.69) is 5.10 Å². The van der Waals surface area contributed by atoms with Gasteiger partial charge in [-0.3, -0.25) is 14.8 Å². The van der Waals surface area contributed by atoms with Gasteiger partial charge in [-0.05, 0) is 18.9 Å². The third-order valence-electron chi connectivity index (χ3n) is 3.81. The number of hydrogen-bond acceptors (Lipinski definition) is 4. The van der Waals surface area contributed by atoms with Crippen molar-refractivity contribution in [3.8, 4) is 11.3 Å². The Balaban J connectivity index is 2.04. The predicted molar refractivity (Wildman–Crippen MR) is 76.2 cm³/mol. The number of hydrogen-bond donors (Lipinski definition) is 1. The van der Waals surface area contributed by atoms with Gasteiger partial charge >= 0.3 is 0 Å². The lowest BCUT2D eigenvalue weighted by Gasteiger charge is -2.08. The molecule has 0 amide bonds. The number of para-hydroxylation sites is 1. The van der Waals surface area contributed by atoms with Crippen LogP contribution in [0, 0.1) is 10.1 Å². The summed E-state index contributed by atoms with van der Waals surface area (Å²) in [4.78, 5) is 10.7. The topological polar surface area (TPSA) is 87.0 Å². The number of nitrogens with two attached hydrogens (primary N) is 1. The summed E-state index contributed by atoms with van der Waals surface area (Å²) in [5.41, 5.74) is 7.52. The van der Waals surface area contributed by atoms with Crippen molar-refractivity contribution in [2.75, 3.05) is 5.73 Å². The van der Waals surface area contributed by atoms with Gasteiger partial charge < -0.3 is 5.73 Å². The molecule has 1 saturated carbocycles. The molecule has 1 aromatic carbocycles. The zero-order valence-electron chi connectivity index (χ0n) is 11.0. The molecule has 1 heterocycles. The van der Waals surface area contributed by atoms with E-state index in [9.17, 15) is 10.1 Å². The van der Waals surface area contributed by atoms with Crippen LogP contribution < -0.4 is 5.73 Å². The third-order valence-corrected chi connectivity index (χ3v) is 3.81. The molecule has 0 radical (unpaired) electrons. The molecule has 0 atom stereocenters. The highest BCUT2D eigenvalue weighted by Crippen LogP contribution is 2.35. The summed E-state index contributed by atoms with van der Waals surface area (Å²) in [5.74, 6) is 0. The molecule has 1 aliphatic carbocycles. The van der Waals surface area contributed by atoms with Crippen molar-refractivity contribution in [1.82, 2.24) is 9.78 Å². The van der Waals surface area contributed by atoms with Gasteiger partial charge in [-0.25, -0.2) is 0 Å². The van der Waals surface area contributed by atoms with Crippen LogP contribution in [-0.2, 0) is 0 Å². The minimum atomic E-state index is -0.399. The summed E-state index contributed by atoms with van der Waals surface area (Å²) in [6.07, 6.45) is 6.38. The zero-order chi connectivity index (χ0) is 14.1. The van der Waals surface area contributed by atoms with Crippen LogP contribution in [0.5, 0.6) is 0 Å². The smallest absolute Gasteiger partial charge is 0.278 e. The Hall–Kier alpha value is -2.37. The highest BCUT2D eigenvalue weighted by molar-refractivity contribution is 5.78. The molecular formula is C14H16N4O2. The molecule has 0 aliphatic heterocycles. The van der Waals surface area contributed by atoms with E-state index in [1.807, 2.05) is 4.68 Å². The lowest BCUT2D eigenvalue weighted by molar-refractivity contribution is -0.384. The second-order valence-corrected chi connectivity index (χ2v) is 5.13. The summed E-state index contributed by atoms with van der Waals surface area (Å²) < 4.78 is 1.87. The Kier molecular flexibility index (Phi) is 3.14. The Labute approximate surface area is 116 Å². The first-order valence-electron chi connectivity index (χ1n) is 6.75. The normalized spacial score (nSPS) is 15.6. The van der Waals surface area contributed by atoms with Crippen molar-refractivity contribution in [3.05, 3.63) is 40.6 Å². The second kappa shape index (κ2) is 4.96. The fourth-order valence-corrected chi connectivity index (χ4v) is 2.80. The number of nitro benzene ring substituents is 1. The zero-order valence-corrected chi connectivity index (χ0v) is 11.0. The van der Waals surface area contributed by atoms with Gasteiger partial charge in [0, 0.05) is 12.3 Å². The molecule has 3 rings (SSSR count). The van der Waals surface area contributed by atoms with Crippen molar-refractivity contribution < 1.29 is 4.92 Å². The number of nitro groups is 1. The van der Waals surface area contributed by atoms with Crippen LogP contribution in [0.1, 0.15) is 31.7 Å². The summed E-state index contributed by atoms with van der Waals surface area (Å²) in [6, 6.07) is 6.94. The van der Waals surface area contributed by atoms with Gasteiger partial charge in [0.25, 0.3) is 5.69 Å². The molecule has 0 bridgehead atoms. The number of anilines is 1. The van der Waals surface area contributed by atoms with Crippen molar-refractivity contribution in [3.63, 3.8) is 0 Å². The maximum absolute atomic E-state index is 11.1. The quantitative estimate of drug-likeness (QED) is 0.686. The van der Waals surface area contributed by atoms with Crippen LogP contribution in [-0.4, -0.2) is 14.7 Å². The van der Waals surface area contributed by atoms with Crippen LogP contribution in [0.4, 0.5) is 11.4 Å². The van der Waals surface area contributed by atoms with Gasteiger partial charge in [0.2, 0.25) is 0 Å². The van der Waals surface area contributed by atoms with Gasteiger partial charge in [0.15, 0.2) is 0 Å². The number of aromatic nitrogens is 2. The van der Waals surface area contributed by atoms with Crippen LogP contribution in [0.2, 0.25) is 0 Å². The predicted octanol–water partition coefficient (Wildman–Crippen LogP) is 3.16. The van der Waals surface area contributed by atoms with Crippen molar-refractivity contribution in [1.29, 1.82) is 0 Å². The van der Waals surface area contributed by atoms with Crippen molar-refractivity contribution in [2.45, 2.75) is 31.7 Å². The van der Waals surface area contributed by atoms with Gasteiger partial charge in [-0.1, -0.05) is 25.0 Å². The Morgan fingerprint density at radius 1 is 1.30 bits per heavy atom. The molecule has 20 heavy (non-hydrogen) atoms. The fraction of sp³-hybridized carbons (Fsp3) is 0.357. The summed E-state index contributed by atoms with van der Waals surface area (Å²) in [7, 11) is 0. The Morgan fingerprint density at radius 2 is 2.00 bits per heavy atom. The van der Waals surface area contributed by atoms with E-state index in [1.54, 1.807) is 24.4 Å². The van der Waals surface area contributed by atoms with E-state index in [1.165, 1.54) is 18.9 Å². The molecule has 0 spiro atoms. The highest BCUT2D eigenvalue weighted by Gasteiger charge is 2.23. The molecule has 1 fully saturated rings. The number of rotatable bonds is 3. The second-order valence-electron chi connectivity index (χ2n) is 5.13. The lowest BCUT2D eigenvalue weighted by atomic mass is 10.1. The molecule has 104 valence electrons. The number of benzene rings is 1. The maximum atomic E-state index is 11.1. The summed E-state index contributed by atoms with van der Waals surface area (Å²) >= 11 is 0. The first kappa shape index (κ1) is 12.7. The van der Waals surface area contributed by atoms with Crippen LogP contribution >= 0.6 is 0 Å². The van der Waals surface area contributed by atoms with Crippen LogP contribution in [0.25, 0.3) is 11.3 Å². The fourth-order valence-electron chi connectivity index (χ4n) is 2.80. The maximum Gasteiger partial charge on any atom is 0.278 e. The van der Waals surface area contributed by atoms with Crippen molar-refractivity contribution >= 4 is 11.4 Å². The van der Waals surface area contributed by atoms with Gasteiger partial charge in [-0.2, -0.15) is 5.10 Å². The molecule has 2 aromatic rings. The molecule has 1 aromatic heterocycles. The Morgan fingerprint density at radius 3 is 2.70 bits per heavy atom. The lowest BCUT2D eigenvalue weighted by Crippen LogP contribution is -2.05. The van der Waals surface area contributed by atoms with E-state index < -0.39 is 4.92 Å². The third kappa shape index (κ3) is 2.13. The van der Waals surface area contributed by atoms with E-state index in [0.717, 1.165) is 12.8 Å². The first-order valence-corrected chi connectivity index (χ1v) is 6.75. The number of nitrogen functional groups attached to an aromatic ring is 1. The molecule has 0 unspecified atom stereocenters. The van der Waals surface area contributed by atoms with E-state index in [4.69, 9.17) is 5.73 Å². The average Bonchev–Trinajstić information content (AvgIpc) is 3.07. The van der Waals surface area contributed by atoms with Gasteiger partial charge in [0.05, 0.1) is 22.2 Å². The van der Waals surface area contributed by atoms with Gasteiger partial charge in [-0.15, -0.1) is 0 Å². The van der Waals surface area contributed by atoms with Crippen LogP contribution in [0.15, 0.2) is 30.5 Å². The minimum Gasteiger partial charge on any atom is -0.396 e. The molecular weight excluding hydrogens is 256 g/mol. The molecule has 6 nitrogen and oxygen atoms in total. The van der Waals surface area contributed by atoms with E-state index in [0.29, 0.717) is 23.0 Å². The summed E-state index contributed by atoms with van der Waals surface area (Å²) in [6.45, 7) is 0. The molecule has 6 heteroatoms. The first-order chi connectivity index (χ1) is 9.66. The highest BCUT2D eigenvalue weighted by atomic mass is 16.6. The Bertz CT molecular complexity index is 644. The summed E-state index contributed by atoms with van der Waals surface area (Å²) in [5, 5.41) is 15.6. The molecule has 0 saturated heterocycles. The van der Waals surface area contributed by atoms with Crippen molar-refractivity contribution in [2.24, 2.45) is 0 Å². The average molecular weight is 272 g/mol. The minimum absolute atomic E-state index is 0.0378. The van der Waals surface area contributed by atoms with E-state index in [-0.39, 0.29) is 5.69 Å². The largest absolute Gasteiger partial charge is 0.396 e.